The number of benzene rings is 1. The predicted molar refractivity (Wildman–Crippen MR) is 190 cm³/mol. The molecule has 1 unspecified atom stereocenters. The highest BCUT2D eigenvalue weighted by molar-refractivity contribution is 14.1. The number of unbranched alkanes of at least 4 members (excludes halogenated alkanes) is 1. The second-order valence-corrected chi connectivity index (χ2v) is 16.5. The SMILES string of the molecule is CCCCN(CCCC(I)CC(C)C)C(=O)C[C@H]1CC[C@@H](CCN2CCCS2)[C@H](C(=O)O)[C@@H](c2cc(OC)c3c(c2)OCO3)C1. The first kappa shape index (κ1) is 36.4. The lowest BCUT2D eigenvalue weighted by Gasteiger charge is -2.31. The summed E-state index contributed by atoms with van der Waals surface area (Å²) in [5.74, 6) is 2.41. The van der Waals surface area contributed by atoms with E-state index in [1.165, 1.54) is 12.8 Å². The third kappa shape index (κ3) is 10.5. The smallest absolute Gasteiger partial charge is 0.307 e. The number of hydrogen-bond acceptors (Lipinski definition) is 7. The highest BCUT2D eigenvalue weighted by Gasteiger charge is 2.42. The van der Waals surface area contributed by atoms with Crippen molar-refractivity contribution in [3.05, 3.63) is 17.7 Å². The van der Waals surface area contributed by atoms with E-state index < -0.39 is 11.9 Å². The fourth-order valence-electron chi connectivity index (χ4n) is 7.38. The fourth-order valence-corrected chi connectivity index (χ4v) is 9.84. The summed E-state index contributed by atoms with van der Waals surface area (Å²) >= 11 is 4.45. The van der Waals surface area contributed by atoms with Gasteiger partial charge in [-0.2, -0.15) is 0 Å². The minimum absolute atomic E-state index is 0.0305. The van der Waals surface area contributed by atoms with Crippen molar-refractivity contribution in [2.45, 2.75) is 101 Å². The standard InChI is InChI=1S/C35H55IN2O6S/c1-5-6-13-37(14-7-9-28(36)18-24(2)3)32(39)20-25-10-11-26(12-16-38-15-8-17-45-38)33(35(40)41)29(19-25)27-21-30(42-4)34-31(22-27)43-23-44-34/h21-22,24-26,28-29,33H,5-20,23H2,1-4H3,(H,40,41)/t25-,26-,28?,29+,33-/m0/s1. The molecule has 0 bridgehead atoms. The van der Waals surface area contributed by atoms with Gasteiger partial charge in [-0.05, 0) is 99.2 Å². The highest BCUT2D eigenvalue weighted by atomic mass is 127. The third-order valence-corrected chi connectivity index (χ3v) is 12.0. The molecule has 0 radical (unpaired) electrons. The second-order valence-electron chi connectivity index (χ2n) is 13.6. The lowest BCUT2D eigenvalue weighted by molar-refractivity contribution is -0.144. The lowest BCUT2D eigenvalue weighted by Crippen LogP contribution is -2.34. The van der Waals surface area contributed by atoms with Crippen molar-refractivity contribution in [2.75, 3.05) is 45.8 Å². The van der Waals surface area contributed by atoms with Crippen molar-refractivity contribution in [1.29, 1.82) is 0 Å². The Labute approximate surface area is 288 Å². The zero-order chi connectivity index (χ0) is 32.3. The predicted octanol–water partition coefficient (Wildman–Crippen LogP) is 8.02. The van der Waals surface area contributed by atoms with Crippen LogP contribution in [0.3, 0.4) is 0 Å². The lowest BCUT2D eigenvalue weighted by atomic mass is 9.74. The molecule has 5 atom stereocenters. The molecule has 8 nitrogen and oxygen atoms in total. The Hall–Kier alpha value is -1.40. The molecule has 4 rings (SSSR count). The van der Waals surface area contributed by atoms with E-state index >= 15 is 0 Å². The third-order valence-electron chi connectivity index (χ3n) is 9.71. The summed E-state index contributed by atoms with van der Waals surface area (Å²) in [4.78, 5) is 29.1. The van der Waals surface area contributed by atoms with Crippen LogP contribution in [-0.4, -0.2) is 75.9 Å². The van der Waals surface area contributed by atoms with Gasteiger partial charge in [0.1, 0.15) is 0 Å². The number of rotatable bonds is 17. The molecular formula is C35H55IN2O6S. The Morgan fingerprint density at radius 1 is 1.20 bits per heavy atom. The molecule has 1 aromatic rings. The van der Waals surface area contributed by atoms with Gasteiger partial charge in [-0.3, -0.25) is 13.9 Å². The maximum Gasteiger partial charge on any atom is 0.307 e. The van der Waals surface area contributed by atoms with Crippen LogP contribution in [0.15, 0.2) is 12.1 Å². The number of amides is 1. The number of fused-ring (bicyclic) bond motifs is 1. The van der Waals surface area contributed by atoms with Gasteiger partial charge in [-0.15, -0.1) is 0 Å². The number of carbonyl (C=O) groups excluding carboxylic acids is 1. The molecule has 2 fully saturated rings. The number of hydrogen-bond donors (Lipinski definition) is 1. The zero-order valence-electron chi connectivity index (χ0n) is 27.8. The van der Waals surface area contributed by atoms with E-state index in [9.17, 15) is 14.7 Å². The van der Waals surface area contributed by atoms with E-state index in [0.29, 0.717) is 39.9 Å². The van der Waals surface area contributed by atoms with Gasteiger partial charge in [0.15, 0.2) is 11.5 Å². The van der Waals surface area contributed by atoms with E-state index in [0.717, 1.165) is 82.4 Å². The summed E-state index contributed by atoms with van der Waals surface area (Å²) < 4.78 is 20.1. The van der Waals surface area contributed by atoms with Crippen LogP contribution in [0, 0.1) is 23.7 Å². The van der Waals surface area contributed by atoms with Gasteiger partial charge in [0.25, 0.3) is 0 Å². The summed E-state index contributed by atoms with van der Waals surface area (Å²) in [7, 11) is 1.61. The Morgan fingerprint density at radius 3 is 2.69 bits per heavy atom. The maximum absolute atomic E-state index is 13.9. The van der Waals surface area contributed by atoms with Crippen molar-refractivity contribution < 1.29 is 28.9 Å². The molecule has 1 N–H and O–H groups in total. The Balaban J connectivity index is 1.54. The summed E-state index contributed by atoms with van der Waals surface area (Å²) in [6.07, 6.45) is 10.3. The van der Waals surface area contributed by atoms with Gasteiger partial charge in [0, 0.05) is 42.3 Å². The van der Waals surface area contributed by atoms with Crippen LogP contribution in [0.25, 0.3) is 0 Å². The average Bonchev–Trinajstić information content (AvgIpc) is 3.67. The first-order valence-corrected chi connectivity index (χ1v) is 19.4. The molecule has 2 heterocycles. The molecule has 1 saturated carbocycles. The quantitative estimate of drug-likeness (QED) is 0.0741. The van der Waals surface area contributed by atoms with Gasteiger partial charge in [-0.1, -0.05) is 61.7 Å². The van der Waals surface area contributed by atoms with Crippen molar-refractivity contribution in [3.8, 4) is 17.2 Å². The molecule has 0 aromatic heterocycles. The van der Waals surface area contributed by atoms with Crippen LogP contribution in [0.2, 0.25) is 0 Å². The summed E-state index contributed by atoms with van der Waals surface area (Å²) in [5, 5.41) is 10.7. The molecule has 1 saturated heterocycles. The molecule has 1 aliphatic carbocycles. The van der Waals surface area contributed by atoms with Crippen molar-refractivity contribution in [1.82, 2.24) is 9.21 Å². The van der Waals surface area contributed by atoms with Crippen LogP contribution in [0.5, 0.6) is 17.2 Å². The number of carbonyl (C=O) groups is 2. The molecule has 10 heteroatoms. The van der Waals surface area contributed by atoms with Crippen LogP contribution in [0.1, 0.15) is 103 Å². The Morgan fingerprint density at radius 2 is 2.00 bits per heavy atom. The molecule has 0 spiro atoms. The van der Waals surface area contributed by atoms with Crippen LogP contribution in [-0.2, 0) is 9.59 Å². The number of carboxylic acid groups (broad SMARTS) is 1. The van der Waals surface area contributed by atoms with E-state index in [4.69, 9.17) is 14.2 Å². The van der Waals surface area contributed by atoms with Crippen molar-refractivity contribution >= 4 is 46.4 Å². The maximum atomic E-state index is 13.9. The minimum atomic E-state index is -0.748. The molecule has 1 aromatic carbocycles. The van der Waals surface area contributed by atoms with Crippen LogP contribution in [0.4, 0.5) is 0 Å². The average molecular weight is 759 g/mol. The number of halogens is 1. The topological polar surface area (TPSA) is 88.5 Å². The fraction of sp³-hybridized carbons (Fsp3) is 0.771. The summed E-state index contributed by atoms with van der Waals surface area (Å²) in [6, 6.07) is 3.89. The molecule has 3 aliphatic rings. The first-order valence-electron chi connectivity index (χ1n) is 17.2. The van der Waals surface area contributed by atoms with E-state index in [1.807, 2.05) is 24.1 Å². The molecule has 45 heavy (non-hydrogen) atoms. The Kier molecular flexibility index (Phi) is 14.8. The Bertz CT molecular complexity index is 1100. The van der Waals surface area contributed by atoms with Gasteiger partial charge < -0.3 is 24.2 Å². The largest absolute Gasteiger partial charge is 0.493 e. The molecule has 1 amide bonds. The van der Waals surface area contributed by atoms with Gasteiger partial charge in [0.05, 0.1) is 13.0 Å². The normalized spacial score (nSPS) is 24.0. The monoisotopic (exact) mass is 758 g/mol. The van der Waals surface area contributed by atoms with Crippen molar-refractivity contribution in [2.24, 2.45) is 23.7 Å². The van der Waals surface area contributed by atoms with E-state index in [1.54, 1.807) is 7.11 Å². The van der Waals surface area contributed by atoms with E-state index in [2.05, 4.69) is 52.6 Å². The van der Waals surface area contributed by atoms with Crippen molar-refractivity contribution in [3.63, 3.8) is 0 Å². The molecule has 2 aliphatic heterocycles. The second kappa shape index (κ2) is 18.2. The summed E-state index contributed by atoms with van der Waals surface area (Å²) in [5.41, 5.74) is 0.907. The number of carboxylic acids is 1. The van der Waals surface area contributed by atoms with Crippen LogP contribution >= 0.6 is 34.5 Å². The summed E-state index contributed by atoms with van der Waals surface area (Å²) in [6.45, 7) is 10.4. The first-order chi connectivity index (χ1) is 21.7. The number of alkyl halides is 1. The van der Waals surface area contributed by atoms with E-state index in [-0.39, 0.29) is 30.5 Å². The minimum Gasteiger partial charge on any atom is -0.493 e. The number of ether oxygens (including phenoxy) is 3. The van der Waals surface area contributed by atoms with Gasteiger partial charge in [-0.25, -0.2) is 0 Å². The van der Waals surface area contributed by atoms with Gasteiger partial charge >= 0.3 is 5.97 Å². The van der Waals surface area contributed by atoms with Gasteiger partial charge in [0.2, 0.25) is 18.4 Å². The molecular weight excluding hydrogens is 703 g/mol. The number of methoxy groups -OCH3 is 1. The number of aliphatic carboxylic acids is 1. The number of nitrogens with zero attached hydrogens (tertiary/aromatic N) is 2. The molecule has 254 valence electrons. The zero-order valence-corrected chi connectivity index (χ0v) is 30.8. The van der Waals surface area contributed by atoms with Crippen LogP contribution < -0.4 is 14.2 Å². The highest BCUT2D eigenvalue weighted by Crippen LogP contribution is 2.49.